The van der Waals surface area contributed by atoms with Crippen LogP contribution in [0.2, 0.25) is 0 Å². The smallest absolute Gasteiger partial charge is 0.210 e. The minimum atomic E-state index is -2.42. The zero-order valence-corrected chi connectivity index (χ0v) is 16.9. The fourth-order valence-corrected chi connectivity index (χ4v) is 6.12. The van der Waals surface area contributed by atoms with Gasteiger partial charge in [0, 0.05) is 12.3 Å². The molecule has 0 heterocycles. The molecule has 2 fully saturated rings. The van der Waals surface area contributed by atoms with E-state index in [1.165, 1.54) is 0 Å². The molecule has 4 unspecified atom stereocenters. The van der Waals surface area contributed by atoms with Crippen LogP contribution in [0.3, 0.4) is 0 Å². The standard InChI is InChI=1S/C21H30O6/c1-7-10(2)15(23)14-16(24)20-9-12(19(5,6)26)18(3,4)11(20)8-13(22)21(20,27)17(14)25/h10-12,24,26-27H,7-9H2,1-6H3/t10?,11-,12?,20?,21?/m0/s1. The third kappa shape index (κ3) is 2.11. The van der Waals surface area contributed by atoms with Gasteiger partial charge in [-0.05, 0) is 43.9 Å². The monoisotopic (exact) mass is 378 g/mol. The number of carbonyl (C=O) groups is 3. The average molecular weight is 378 g/mol. The molecule has 6 nitrogen and oxygen atoms in total. The summed E-state index contributed by atoms with van der Waals surface area (Å²) in [6, 6.07) is 0. The number of hydrogen-bond donors (Lipinski definition) is 3. The maximum atomic E-state index is 13.1. The van der Waals surface area contributed by atoms with E-state index < -0.39 is 62.5 Å². The van der Waals surface area contributed by atoms with Gasteiger partial charge < -0.3 is 15.3 Å². The molecule has 3 rings (SSSR count). The summed E-state index contributed by atoms with van der Waals surface area (Å²) in [5, 5.41) is 33.2. The van der Waals surface area contributed by atoms with Crippen molar-refractivity contribution in [3.8, 4) is 0 Å². The molecular weight excluding hydrogens is 348 g/mol. The van der Waals surface area contributed by atoms with E-state index in [1.807, 2.05) is 13.8 Å². The first kappa shape index (κ1) is 20.2. The second-order valence-electron chi connectivity index (χ2n) is 9.82. The van der Waals surface area contributed by atoms with Crippen LogP contribution in [0.15, 0.2) is 11.3 Å². The molecule has 27 heavy (non-hydrogen) atoms. The molecule has 5 atom stereocenters. The Morgan fingerprint density at radius 2 is 1.85 bits per heavy atom. The van der Waals surface area contributed by atoms with E-state index in [2.05, 4.69) is 0 Å². The lowest BCUT2D eigenvalue weighted by Crippen LogP contribution is -2.53. The fraction of sp³-hybridized carbons (Fsp3) is 0.762. The molecule has 0 radical (unpaired) electrons. The van der Waals surface area contributed by atoms with Crippen LogP contribution in [-0.2, 0) is 14.4 Å². The molecule has 0 saturated heterocycles. The van der Waals surface area contributed by atoms with Crippen LogP contribution < -0.4 is 0 Å². The highest BCUT2D eigenvalue weighted by molar-refractivity contribution is 6.33. The summed E-state index contributed by atoms with van der Waals surface area (Å²) >= 11 is 0. The zero-order chi connectivity index (χ0) is 20.7. The third-order valence-corrected chi connectivity index (χ3v) is 7.73. The van der Waals surface area contributed by atoms with Crippen molar-refractivity contribution in [3.05, 3.63) is 11.3 Å². The normalized spacial score (nSPS) is 39.0. The first-order chi connectivity index (χ1) is 12.2. The fourth-order valence-electron chi connectivity index (χ4n) is 6.12. The van der Waals surface area contributed by atoms with Gasteiger partial charge in [-0.15, -0.1) is 0 Å². The van der Waals surface area contributed by atoms with Crippen molar-refractivity contribution in [2.45, 2.75) is 72.0 Å². The van der Waals surface area contributed by atoms with Crippen LogP contribution in [0.4, 0.5) is 0 Å². The molecule has 0 aromatic heterocycles. The highest BCUT2D eigenvalue weighted by Gasteiger charge is 2.81. The Bertz CT molecular complexity index is 770. The van der Waals surface area contributed by atoms with Crippen LogP contribution in [0.1, 0.15) is 60.8 Å². The zero-order valence-electron chi connectivity index (χ0n) is 16.9. The molecule has 0 bridgehead atoms. The summed E-state index contributed by atoms with van der Waals surface area (Å²) in [7, 11) is 0. The largest absolute Gasteiger partial charge is 0.511 e. The van der Waals surface area contributed by atoms with Crippen molar-refractivity contribution in [2.75, 3.05) is 0 Å². The lowest BCUT2D eigenvalue weighted by Gasteiger charge is -2.39. The van der Waals surface area contributed by atoms with E-state index in [0.717, 1.165) is 0 Å². The number of aliphatic hydroxyl groups excluding tert-OH is 1. The Morgan fingerprint density at radius 3 is 2.33 bits per heavy atom. The van der Waals surface area contributed by atoms with Crippen LogP contribution in [-0.4, -0.2) is 43.9 Å². The van der Waals surface area contributed by atoms with Crippen molar-refractivity contribution >= 4 is 17.3 Å². The number of carbonyl (C=O) groups excluding carboxylic acids is 3. The van der Waals surface area contributed by atoms with Crippen LogP contribution in [0.25, 0.3) is 0 Å². The summed E-state index contributed by atoms with van der Waals surface area (Å²) in [6.07, 6.45) is 0.492. The first-order valence-electron chi connectivity index (χ1n) is 9.69. The van der Waals surface area contributed by atoms with Gasteiger partial charge in [-0.1, -0.05) is 27.7 Å². The summed E-state index contributed by atoms with van der Waals surface area (Å²) in [5.41, 5.74) is -6.14. The van der Waals surface area contributed by atoms with Gasteiger partial charge in [0.2, 0.25) is 5.78 Å². The van der Waals surface area contributed by atoms with E-state index >= 15 is 0 Å². The Balaban J connectivity index is 2.27. The summed E-state index contributed by atoms with van der Waals surface area (Å²) in [5.74, 6) is -4.00. The summed E-state index contributed by atoms with van der Waals surface area (Å²) in [4.78, 5) is 38.7. The van der Waals surface area contributed by atoms with Gasteiger partial charge >= 0.3 is 0 Å². The van der Waals surface area contributed by atoms with E-state index in [1.54, 1.807) is 27.7 Å². The molecule has 2 saturated carbocycles. The Hall–Kier alpha value is -1.53. The number of rotatable bonds is 4. The van der Waals surface area contributed by atoms with Crippen molar-refractivity contribution < 1.29 is 29.7 Å². The van der Waals surface area contributed by atoms with Gasteiger partial charge in [0.1, 0.15) is 11.3 Å². The van der Waals surface area contributed by atoms with E-state index in [4.69, 9.17) is 0 Å². The van der Waals surface area contributed by atoms with E-state index in [0.29, 0.717) is 6.42 Å². The van der Waals surface area contributed by atoms with E-state index in [9.17, 15) is 29.7 Å². The minimum absolute atomic E-state index is 0.0588. The molecule has 1 spiro atoms. The van der Waals surface area contributed by atoms with Crippen molar-refractivity contribution in [3.63, 3.8) is 0 Å². The molecule has 0 aliphatic heterocycles. The molecule has 0 aromatic rings. The van der Waals surface area contributed by atoms with Crippen LogP contribution >= 0.6 is 0 Å². The molecular formula is C21H30O6. The lowest BCUT2D eigenvalue weighted by molar-refractivity contribution is -0.154. The minimum Gasteiger partial charge on any atom is -0.511 e. The molecule has 150 valence electrons. The number of ketones is 3. The Labute approximate surface area is 159 Å². The topological polar surface area (TPSA) is 112 Å². The SMILES string of the molecule is CCC(C)C(=O)C1=C(O)C23CC(C(C)(C)O)C(C)(C)[C@@H]2CC(=O)C3(O)C1=O. The lowest BCUT2D eigenvalue weighted by atomic mass is 9.67. The van der Waals surface area contributed by atoms with Gasteiger partial charge in [0.05, 0.1) is 11.0 Å². The van der Waals surface area contributed by atoms with Gasteiger partial charge in [-0.3, -0.25) is 14.4 Å². The van der Waals surface area contributed by atoms with Crippen molar-refractivity contribution in [2.24, 2.45) is 28.6 Å². The van der Waals surface area contributed by atoms with Crippen LogP contribution in [0.5, 0.6) is 0 Å². The highest BCUT2D eigenvalue weighted by atomic mass is 16.3. The van der Waals surface area contributed by atoms with Gasteiger partial charge in [-0.2, -0.15) is 0 Å². The Kier molecular flexibility index (Phi) is 4.12. The van der Waals surface area contributed by atoms with E-state index in [-0.39, 0.29) is 18.8 Å². The molecule has 6 heteroatoms. The molecule has 3 N–H and O–H groups in total. The molecule has 3 aliphatic rings. The Morgan fingerprint density at radius 1 is 1.30 bits per heavy atom. The van der Waals surface area contributed by atoms with Gasteiger partial charge in [0.15, 0.2) is 17.2 Å². The summed E-state index contributed by atoms with van der Waals surface area (Å²) < 4.78 is 0. The maximum absolute atomic E-state index is 13.1. The third-order valence-electron chi connectivity index (χ3n) is 7.73. The molecule has 0 amide bonds. The van der Waals surface area contributed by atoms with Crippen molar-refractivity contribution in [1.82, 2.24) is 0 Å². The quantitative estimate of drug-likeness (QED) is 0.510. The number of aliphatic hydroxyl groups is 3. The molecule has 3 aliphatic carbocycles. The van der Waals surface area contributed by atoms with Gasteiger partial charge in [-0.25, -0.2) is 0 Å². The highest BCUT2D eigenvalue weighted by Crippen LogP contribution is 2.73. The molecule has 0 aromatic carbocycles. The average Bonchev–Trinajstić information content (AvgIpc) is 3.01. The second kappa shape index (κ2) is 5.51. The second-order valence-corrected chi connectivity index (χ2v) is 9.82. The van der Waals surface area contributed by atoms with Crippen molar-refractivity contribution in [1.29, 1.82) is 0 Å². The first-order valence-corrected chi connectivity index (χ1v) is 9.69. The predicted octanol–water partition coefficient (Wildman–Crippen LogP) is 2.12. The number of Topliss-reactive ketones (excluding diaryl/α,β-unsaturated/α-hetero) is 3. The van der Waals surface area contributed by atoms with Crippen LogP contribution in [0, 0.1) is 28.6 Å². The van der Waals surface area contributed by atoms with Gasteiger partial charge in [0.25, 0.3) is 0 Å². The predicted molar refractivity (Wildman–Crippen MR) is 97.8 cm³/mol. The maximum Gasteiger partial charge on any atom is 0.210 e. The summed E-state index contributed by atoms with van der Waals surface area (Å²) in [6.45, 7) is 10.5. The number of hydrogen-bond acceptors (Lipinski definition) is 6.